The maximum atomic E-state index is 11.9. The van der Waals surface area contributed by atoms with Crippen LogP contribution in [0.1, 0.15) is 36.5 Å². The van der Waals surface area contributed by atoms with Crippen LogP contribution in [-0.2, 0) is 4.79 Å². The molecule has 1 amide bonds. The number of rotatable bonds is 4. The molecule has 114 valence electrons. The largest absolute Gasteiger partial charge is 0.322 e. The summed E-state index contributed by atoms with van der Waals surface area (Å²) < 4.78 is 0. The Bertz CT molecular complexity index is 687. The van der Waals surface area contributed by atoms with Crippen LogP contribution < -0.4 is 5.32 Å². The van der Waals surface area contributed by atoms with E-state index in [0.29, 0.717) is 16.6 Å². The van der Waals surface area contributed by atoms with E-state index in [1.54, 1.807) is 12.1 Å². The summed E-state index contributed by atoms with van der Waals surface area (Å²) >= 11 is 6.04. The van der Waals surface area contributed by atoms with Crippen molar-refractivity contribution in [2.75, 3.05) is 5.32 Å². The van der Waals surface area contributed by atoms with E-state index in [4.69, 9.17) is 11.6 Å². The predicted octanol–water partition coefficient (Wildman–Crippen LogP) is 5.42. The molecule has 2 nitrogen and oxygen atoms in total. The van der Waals surface area contributed by atoms with Crippen molar-refractivity contribution in [2.45, 2.75) is 26.7 Å². The maximum Gasteiger partial charge on any atom is 0.248 e. The summed E-state index contributed by atoms with van der Waals surface area (Å²) in [7, 11) is 0. The van der Waals surface area contributed by atoms with Crippen molar-refractivity contribution in [2.24, 2.45) is 0 Å². The number of halogens is 1. The molecule has 0 bridgehead atoms. The van der Waals surface area contributed by atoms with Crippen LogP contribution in [0.15, 0.2) is 48.5 Å². The second-order valence-corrected chi connectivity index (χ2v) is 6.02. The molecule has 0 unspecified atom stereocenters. The summed E-state index contributed by atoms with van der Waals surface area (Å²) in [6.07, 6.45) is 3.33. The van der Waals surface area contributed by atoms with Crippen LogP contribution in [0.25, 0.3) is 6.08 Å². The summed E-state index contributed by atoms with van der Waals surface area (Å²) in [5, 5.41) is 3.44. The lowest BCUT2D eigenvalue weighted by atomic mass is 10.0. The van der Waals surface area contributed by atoms with Gasteiger partial charge in [0, 0.05) is 16.8 Å². The molecule has 0 aromatic heterocycles. The molecule has 0 saturated carbocycles. The molecule has 0 aliphatic carbocycles. The predicted molar refractivity (Wildman–Crippen MR) is 94.4 cm³/mol. The number of benzene rings is 2. The number of carbonyl (C=O) groups is 1. The first-order valence-corrected chi connectivity index (χ1v) is 7.68. The molecule has 22 heavy (non-hydrogen) atoms. The second kappa shape index (κ2) is 7.28. The molecule has 0 aliphatic rings. The van der Waals surface area contributed by atoms with Crippen LogP contribution in [-0.4, -0.2) is 5.91 Å². The number of nitrogens with one attached hydrogen (secondary N) is 1. The molecule has 2 aromatic rings. The molecule has 0 saturated heterocycles. The van der Waals surface area contributed by atoms with Crippen LogP contribution in [0.3, 0.4) is 0 Å². The van der Waals surface area contributed by atoms with Gasteiger partial charge in [-0.05, 0) is 47.7 Å². The number of hydrogen-bond acceptors (Lipinski definition) is 1. The van der Waals surface area contributed by atoms with E-state index in [1.807, 2.05) is 31.2 Å². The minimum Gasteiger partial charge on any atom is -0.322 e. The minimum atomic E-state index is -0.173. The highest BCUT2D eigenvalue weighted by Crippen LogP contribution is 2.20. The zero-order chi connectivity index (χ0) is 16.1. The van der Waals surface area contributed by atoms with Gasteiger partial charge >= 0.3 is 0 Å². The third kappa shape index (κ3) is 4.47. The normalized spacial score (nSPS) is 11.1. The first-order valence-electron chi connectivity index (χ1n) is 7.31. The van der Waals surface area contributed by atoms with Crippen molar-refractivity contribution >= 4 is 29.3 Å². The average molecular weight is 314 g/mol. The van der Waals surface area contributed by atoms with Gasteiger partial charge in [0.25, 0.3) is 0 Å². The van der Waals surface area contributed by atoms with Gasteiger partial charge in [0.05, 0.1) is 0 Å². The summed E-state index contributed by atoms with van der Waals surface area (Å²) in [6.45, 7) is 6.24. The molecule has 2 aromatic carbocycles. The lowest BCUT2D eigenvalue weighted by Gasteiger charge is -2.05. The van der Waals surface area contributed by atoms with E-state index in [-0.39, 0.29) is 5.91 Å². The molecule has 0 radical (unpaired) electrons. The third-order valence-corrected chi connectivity index (χ3v) is 3.88. The number of aryl methyl sites for hydroxylation is 1. The SMILES string of the molecule is Cc1ccc(NC(=O)C=Cc2ccc(C(C)C)cc2)cc1Cl. The summed E-state index contributed by atoms with van der Waals surface area (Å²) in [6, 6.07) is 13.7. The molecule has 0 heterocycles. The topological polar surface area (TPSA) is 29.1 Å². The number of amides is 1. The van der Waals surface area contributed by atoms with Crippen molar-refractivity contribution in [3.05, 3.63) is 70.3 Å². The number of hydrogen-bond donors (Lipinski definition) is 1. The van der Waals surface area contributed by atoms with Crippen molar-refractivity contribution in [3.63, 3.8) is 0 Å². The van der Waals surface area contributed by atoms with Crippen LogP contribution >= 0.6 is 11.6 Å². The van der Waals surface area contributed by atoms with Crippen LogP contribution in [0, 0.1) is 6.92 Å². The number of carbonyl (C=O) groups excluding carboxylic acids is 1. The Labute approximate surface area is 136 Å². The van der Waals surface area contributed by atoms with Gasteiger partial charge in [-0.1, -0.05) is 55.8 Å². The smallest absolute Gasteiger partial charge is 0.248 e. The Kier molecular flexibility index (Phi) is 5.40. The zero-order valence-corrected chi connectivity index (χ0v) is 13.8. The first kappa shape index (κ1) is 16.3. The molecule has 2 rings (SSSR count). The fraction of sp³-hybridized carbons (Fsp3) is 0.211. The molecule has 1 N–H and O–H groups in total. The molecular formula is C19H20ClNO. The van der Waals surface area contributed by atoms with E-state index in [2.05, 4.69) is 31.3 Å². The van der Waals surface area contributed by atoms with Crippen molar-refractivity contribution in [1.29, 1.82) is 0 Å². The van der Waals surface area contributed by atoms with E-state index in [9.17, 15) is 4.79 Å². The maximum absolute atomic E-state index is 11.9. The van der Waals surface area contributed by atoms with Crippen LogP contribution in [0.5, 0.6) is 0 Å². The summed E-state index contributed by atoms with van der Waals surface area (Å²) in [4.78, 5) is 11.9. The van der Waals surface area contributed by atoms with Gasteiger partial charge in [0.1, 0.15) is 0 Å². The average Bonchev–Trinajstić information content (AvgIpc) is 2.49. The van der Waals surface area contributed by atoms with Gasteiger partial charge in [0.2, 0.25) is 5.91 Å². The van der Waals surface area contributed by atoms with Crippen LogP contribution in [0.4, 0.5) is 5.69 Å². The van der Waals surface area contributed by atoms with Gasteiger partial charge < -0.3 is 5.32 Å². The van der Waals surface area contributed by atoms with Crippen molar-refractivity contribution in [1.82, 2.24) is 0 Å². The molecule has 0 atom stereocenters. The highest BCUT2D eigenvalue weighted by atomic mass is 35.5. The van der Waals surface area contributed by atoms with E-state index < -0.39 is 0 Å². The van der Waals surface area contributed by atoms with Crippen LogP contribution in [0.2, 0.25) is 5.02 Å². The van der Waals surface area contributed by atoms with Gasteiger partial charge in [-0.15, -0.1) is 0 Å². The molecular weight excluding hydrogens is 294 g/mol. The van der Waals surface area contributed by atoms with E-state index in [1.165, 1.54) is 11.6 Å². The number of anilines is 1. The first-order chi connectivity index (χ1) is 10.5. The highest BCUT2D eigenvalue weighted by molar-refractivity contribution is 6.31. The standard InChI is InChI=1S/C19H20ClNO/c1-13(2)16-8-5-15(6-9-16)7-11-19(22)21-17-10-4-14(3)18(20)12-17/h4-13H,1-3H3,(H,21,22). The van der Waals surface area contributed by atoms with Gasteiger partial charge in [-0.2, -0.15) is 0 Å². The molecule has 0 spiro atoms. The third-order valence-electron chi connectivity index (χ3n) is 3.47. The Hall–Kier alpha value is -2.06. The van der Waals surface area contributed by atoms with E-state index >= 15 is 0 Å². The molecule has 0 aliphatic heterocycles. The minimum absolute atomic E-state index is 0.173. The Morgan fingerprint density at radius 2 is 1.82 bits per heavy atom. The van der Waals surface area contributed by atoms with Gasteiger partial charge in [-0.3, -0.25) is 4.79 Å². The Morgan fingerprint density at radius 3 is 2.41 bits per heavy atom. The fourth-order valence-electron chi connectivity index (χ4n) is 2.02. The zero-order valence-electron chi connectivity index (χ0n) is 13.1. The quantitative estimate of drug-likeness (QED) is 0.750. The summed E-state index contributed by atoms with van der Waals surface area (Å²) in [5.41, 5.74) is 3.97. The monoisotopic (exact) mass is 313 g/mol. The molecule has 3 heteroatoms. The molecule has 0 fully saturated rings. The van der Waals surface area contributed by atoms with Gasteiger partial charge in [0.15, 0.2) is 0 Å². The Morgan fingerprint density at radius 1 is 1.14 bits per heavy atom. The highest BCUT2D eigenvalue weighted by Gasteiger charge is 2.01. The lowest BCUT2D eigenvalue weighted by molar-refractivity contribution is -0.111. The van der Waals surface area contributed by atoms with Gasteiger partial charge in [-0.25, -0.2) is 0 Å². The van der Waals surface area contributed by atoms with Crippen molar-refractivity contribution in [3.8, 4) is 0 Å². The fourth-order valence-corrected chi connectivity index (χ4v) is 2.20. The Balaban J connectivity index is 2.00. The van der Waals surface area contributed by atoms with E-state index in [0.717, 1.165) is 11.1 Å². The lowest BCUT2D eigenvalue weighted by Crippen LogP contribution is -2.07. The van der Waals surface area contributed by atoms with Crippen molar-refractivity contribution < 1.29 is 4.79 Å². The summed E-state index contributed by atoms with van der Waals surface area (Å²) in [5.74, 6) is 0.334. The second-order valence-electron chi connectivity index (χ2n) is 5.61.